The fourth-order valence-electron chi connectivity index (χ4n) is 1.96. The summed E-state index contributed by atoms with van der Waals surface area (Å²) < 4.78 is 40.8. The average Bonchev–Trinajstić information content (AvgIpc) is 2.50. The van der Waals surface area contributed by atoms with Gasteiger partial charge in [-0.1, -0.05) is 44.2 Å². The first-order valence-electron chi connectivity index (χ1n) is 7.57. The molecule has 1 aromatic carbocycles. The zero-order valence-electron chi connectivity index (χ0n) is 14.3. The van der Waals surface area contributed by atoms with Crippen molar-refractivity contribution in [3.63, 3.8) is 0 Å². The summed E-state index contributed by atoms with van der Waals surface area (Å²) >= 11 is 0. The maximum atomic E-state index is 12.6. The molecule has 8 heteroatoms. The number of ketones is 1. The summed E-state index contributed by atoms with van der Waals surface area (Å²) in [6.45, 7) is 5.81. The molecule has 1 aromatic rings. The molecule has 3 nitrogen and oxygen atoms in total. The topological polar surface area (TPSA) is 23.3 Å². The molecule has 0 aliphatic rings. The highest BCUT2D eigenvalue weighted by molar-refractivity contribution is 6.50. The highest BCUT2D eigenvalue weighted by Crippen LogP contribution is 2.10. The van der Waals surface area contributed by atoms with Crippen LogP contribution in [-0.4, -0.2) is 61.6 Å². The third-order valence-corrected chi connectivity index (χ3v) is 3.02. The van der Waals surface area contributed by atoms with Gasteiger partial charge in [0.25, 0.3) is 0 Å². The van der Waals surface area contributed by atoms with Crippen LogP contribution >= 0.6 is 0 Å². The molecule has 0 radical (unpaired) electrons. The number of hydrogen-bond acceptors (Lipinski definition) is 2. The maximum absolute atomic E-state index is 12.6. The van der Waals surface area contributed by atoms with Crippen molar-refractivity contribution in [3.8, 4) is 0 Å². The van der Waals surface area contributed by atoms with Crippen LogP contribution in [-0.2, 0) is 0 Å². The fraction of sp³-hybridized carbons (Fsp3) is 0.438. The number of Topliss-reactive ketones (excluding diaryl/α,β-unsaturated/α-hetero) is 1. The van der Waals surface area contributed by atoms with Gasteiger partial charge in [0.2, 0.25) is 0 Å². The predicted octanol–water partition coefficient (Wildman–Crippen LogP) is 3.38. The molecule has 0 bridgehead atoms. The van der Waals surface area contributed by atoms with E-state index in [1.54, 1.807) is 0 Å². The lowest BCUT2D eigenvalue weighted by Crippen LogP contribution is -2.40. The fourth-order valence-corrected chi connectivity index (χ4v) is 1.96. The van der Waals surface area contributed by atoms with Crippen LogP contribution in [0.2, 0.25) is 0 Å². The van der Waals surface area contributed by atoms with Gasteiger partial charge in [0.05, 0.1) is 0 Å². The Morgan fingerprint density at radius 3 is 2.00 bits per heavy atom. The molecular formula is C16H23BF4N2O. The molecule has 1 rings (SSSR count). The quantitative estimate of drug-likeness (QED) is 0.259. The number of carbonyl (C=O) groups is 1. The molecule has 0 spiro atoms. The van der Waals surface area contributed by atoms with E-state index in [4.69, 9.17) is 0 Å². The zero-order valence-corrected chi connectivity index (χ0v) is 14.3. The van der Waals surface area contributed by atoms with Gasteiger partial charge < -0.3 is 17.3 Å². The van der Waals surface area contributed by atoms with Gasteiger partial charge in [0.1, 0.15) is 20.1 Å². The van der Waals surface area contributed by atoms with E-state index < -0.39 is 7.25 Å². The SMILES string of the molecule is CCN(CC)C(C=C=[N+](C)C)C(=O)c1ccccc1.F[B-](F)(F)F. The van der Waals surface area contributed by atoms with Crippen molar-refractivity contribution in [1.82, 2.24) is 4.90 Å². The molecule has 0 amide bonds. The molecule has 0 saturated heterocycles. The smallest absolute Gasteiger partial charge is 0.418 e. The third kappa shape index (κ3) is 9.97. The minimum Gasteiger partial charge on any atom is -0.418 e. The van der Waals surface area contributed by atoms with Gasteiger partial charge in [0.15, 0.2) is 11.7 Å². The number of likely N-dealkylation sites (N-methyl/N-ethyl adjacent to an activating group) is 1. The molecule has 0 N–H and O–H groups in total. The minimum absolute atomic E-state index is 0.124. The Balaban J connectivity index is 0.000000922. The lowest BCUT2D eigenvalue weighted by Gasteiger charge is -2.24. The van der Waals surface area contributed by atoms with Crippen molar-refractivity contribution in [2.45, 2.75) is 19.9 Å². The first-order chi connectivity index (χ1) is 11.1. The van der Waals surface area contributed by atoms with Crippen LogP contribution in [0.3, 0.4) is 0 Å². The van der Waals surface area contributed by atoms with Crippen LogP contribution in [0.5, 0.6) is 0 Å². The van der Waals surface area contributed by atoms with E-state index in [0.717, 1.165) is 18.7 Å². The Kier molecular flexibility index (Phi) is 9.92. The summed E-state index contributed by atoms with van der Waals surface area (Å²) in [5.74, 6) is 3.21. The Labute approximate surface area is 140 Å². The number of halogens is 4. The van der Waals surface area contributed by atoms with Gasteiger partial charge in [0, 0.05) is 11.6 Å². The van der Waals surface area contributed by atoms with Crippen LogP contribution in [0.1, 0.15) is 24.2 Å². The first kappa shape index (κ1) is 22.1. The summed E-state index contributed by atoms with van der Waals surface area (Å²) in [6.07, 6.45) is 1.85. The minimum atomic E-state index is -6.00. The lowest BCUT2D eigenvalue weighted by molar-refractivity contribution is -0.456. The number of benzene rings is 1. The molecule has 134 valence electrons. The zero-order chi connectivity index (χ0) is 18.8. The van der Waals surface area contributed by atoms with E-state index in [-0.39, 0.29) is 11.8 Å². The Hall–Kier alpha value is -1.92. The summed E-state index contributed by atoms with van der Waals surface area (Å²) in [4.78, 5) is 14.7. The average molecular weight is 346 g/mol. The molecule has 1 unspecified atom stereocenters. The molecule has 0 heterocycles. The van der Waals surface area contributed by atoms with Crippen molar-refractivity contribution < 1.29 is 26.6 Å². The van der Waals surface area contributed by atoms with Gasteiger partial charge in [-0.05, 0) is 13.1 Å². The van der Waals surface area contributed by atoms with Gasteiger partial charge in [-0.3, -0.25) is 9.69 Å². The number of hydrogen-bond donors (Lipinski definition) is 0. The molecule has 0 fully saturated rings. The predicted molar refractivity (Wildman–Crippen MR) is 89.4 cm³/mol. The van der Waals surface area contributed by atoms with Crippen LogP contribution in [0.15, 0.2) is 36.4 Å². The molecular weight excluding hydrogens is 323 g/mol. The normalized spacial score (nSPS) is 11.9. The van der Waals surface area contributed by atoms with Gasteiger partial charge in [-0.25, -0.2) is 0 Å². The highest BCUT2D eigenvalue weighted by atomic mass is 19.5. The summed E-state index contributed by atoms with van der Waals surface area (Å²) in [6, 6.07) is 9.19. The van der Waals surface area contributed by atoms with Crippen molar-refractivity contribution >= 4 is 18.9 Å². The monoisotopic (exact) mass is 346 g/mol. The van der Waals surface area contributed by atoms with Crippen LogP contribution in [0.4, 0.5) is 17.3 Å². The van der Waals surface area contributed by atoms with Crippen LogP contribution in [0, 0.1) is 0 Å². The standard InChI is InChI=1S/C16H23N2O.BF4/c1-5-18(6-2)15(12-13-17(3)4)16(19)14-10-8-7-9-11-14;2-1(3,4)5/h7-12,15H,5-6H2,1-4H3;/q+1;-1. The number of rotatable bonds is 6. The Bertz CT molecular complexity index is 555. The van der Waals surface area contributed by atoms with E-state index in [1.807, 2.05) is 55.1 Å². The molecule has 0 saturated carbocycles. The summed E-state index contributed by atoms with van der Waals surface area (Å²) in [5.41, 5.74) is 0.746. The molecule has 24 heavy (non-hydrogen) atoms. The van der Waals surface area contributed by atoms with Crippen molar-refractivity contribution in [1.29, 1.82) is 0 Å². The van der Waals surface area contributed by atoms with Crippen LogP contribution < -0.4 is 0 Å². The van der Waals surface area contributed by atoms with Gasteiger partial charge in [-0.15, -0.1) is 0 Å². The second-order valence-electron chi connectivity index (χ2n) is 5.08. The van der Waals surface area contributed by atoms with Gasteiger partial charge in [-0.2, -0.15) is 4.58 Å². The van der Waals surface area contributed by atoms with E-state index in [9.17, 15) is 22.1 Å². The number of nitrogens with zero attached hydrogens (tertiary/aromatic N) is 2. The largest absolute Gasteiger partial charge is 0.673 e. The first-order valence-corrected chi connectivity index (χ1v) is 7.57. The molecule has 0 aromatic heterocycles. The lowest BCUT2D eigenvalue weighted by atomic mass is 10.0. The number of carbonyl (C=O) groups excluding carboxylic acids is 1. The maximum Gasteiger partial charge on any atom is 0.673 e. The molecule has 0 aliphatic heterocycles. The van der Waals surface area contributed by atoms with Crippen molar-refractivity contribution in [2.24, 2.45) is 0 Å². The van der Waals surface area contributed by atoms with Crippen molar-refractivity contribution in [2.75, 3.05) is 27.2 Å². The summed E-state index contributed by atoms with van der Waals surface area (Å²) in [7, 11) is -2.19. The van der Waals surface area contributed by atoms with E-state index in [2.05, 4.69) is 24.6 Å². The van der Waals surface area contributed by atoms with Crippen molar-refractivity contribution in [3.05, 3.63) is 42.0 Å². The Morgan fingerprint density at radius 1 is 1.17 bits per heavy atom. The summed E-state index contributed by atoms with van der Waals surface area (Å²) in [5, 5.41) is 0. The van der Waals surface area contributed by atoms with Crippen LogP contribution in [0.25, 0.3) is 0 Å². The molecule has 0 aliphatic carbocycles. The van der Waals surface area contributed by atoms with E-state index >= 15 is 0 Å². The second kappa shape index (κ2) is 10.8. The van der Waals surface area contributed by atoms with E-state index in [1.165, 1.54) is 0 Å². The Morgan fingerprint density at radius 2 is 1.62 bits per heavy atom. The van der Waals surface area contributed by atoms with Gasteiger partial charge >= 0.3 is 7.25 Å². The van der Waals surface area contributed by atoms with E-state index in [0.29, 0.717) is 0 Å². The highest BCUT2D eigenvalue weighted by Gasteiger charge is 2.23. The molecule has 1 atom stereocenters. The second-order valence-corrected chi connectivity index (χ2v) is 5.08. The third-order valence-electron chi connectivity index (χ3n) is 3.02.